The molecule has 4 rings (SSSR count). The van der Waals surface area contributed by atoms with Crippen LogP contribution in [0.2, 0.25) is 5.04 Å². The molecule has 0 bridgehead atoms. The van der Waals surface area contributed by atoms with E-state index in [1.165, 1.54) is 10.4 Å². The largest absolute Gasteiger partial charge is 0.395 e. The summed E-state index contributed by atoms with van der Waals surface area (Å²) >= 11 is 7.20. The van der Waals surface area contributed by atoms with Crippen LogP contribution in [0.5, 0.6) is 0 Å². The van der Waals surface area contributed by atoms with Crippen molar-refractivity contribution in [1.82, 2.24) is 4.90 Å². The van der Waals surface area contributed by atoms with Crippen molar-refractivity contribution in [2.75, 3.05) is 6.61 Å². The maximum Gasteiger partial charge on any atom is 0.141 e. The van der Waals surface area contributed by atoms with Gasteiger partial charge in [0.15, 0.2) is 0 Å². The van der Waals surface area contributed by atoms with Gasteiger partial charge in [-0.1, -0.05) is 122 Å². The molecule has 1 heterocycles. The van der Waals surface area contributed by atoms with Crippen LogP contribution < -0.4 is 10.4 Å². The molecule has 0 aromatic heterocycles. The molecule has 0 saturated carbocycles. The minimum atomic E-state index is -2.85. The van der Waals surface area contributed by atoms with Crippen molar-refractivity contribution in [2.24, 2.45) is 0 Å². The van der Waals surface area contributed by atoms with Gasteiger partial charge in [-0.3, -0.25) is 4.90 Å². The van der Waals surface area contributed by atoms with E-state index in [0.29, 0.717) is 6.54 Å². The van der Waals surface area contributed by atoms with Crippen LogP contribution in [0.15, 0.2) is 91.0 Å². The lowest BCUT2D eigenvalue weighted by Gasteiger charge is -2.59. The second-order valence-electron chi connectivity index (χ2n) is 10.6. The summed E-state index contributed by atoms with van der Waals surface area (Å²) in [6, 6.07) is 30.4. The SMILES string of the molecule is CC(C)(C)[Si](c1ccccc1)(c1ccccc1)C1[C@H](Cl)[C@@H](O)[C@H](O)[C@@H](CO)N1Cc1ccccc1. The van der Waals surface area contributed by atoms with Crippen molar-refractivity contribution in [3.63, 3.8) is 0 Å². The molecule has 0 radical (unpaired) electrons. The van der Waals surface area contributed by atoms with Crippen LogP contribution in [0.3, 0.4) is 0 Å². The number of likely N-dealkylation sites (tertiary alicyclic amines) is 1. The quantitative estimate of drug-likeness (QED) is 0.353. The maximum absolute atomic E-state index is 11.2. The minimum absolute atomic E-state index is 0.218. The highest BCUT2D eigenvalue weighted by Crippen LogP contribution is 2.45. The summed E-state index contributed by atoms with van der Waals surface area (Å²) in [7, 11) is -2.85. The number of hydrogen-bond acceptors (Lipinski definition) is 4. The van der Waals surface area contributed by atoms with E-state index in [2.05, 4.69) is 86.3 Å². The third kappa shape index (κ3) is 4.62. The topological polar surface area (TPSA) is 63.9 Å². The maximum atomic E-state index is 11.2. The van der Waals surface area contributed by atoms with E-state index in [0.717, 1.165) is 5.56 Å². The average molecular weight is 510 g/mol. The summed E-state index contributed by atoms with van der Waals surface area (Å²) in [5.41, 5.74) is 0.770. The van der Waals surface area contributed by atoms with E-state index in [1.807, 2.05) is 30.3 Å². The van der Waals surface area contributed by atoms with E-state index < -0.39 is 31.7 Å². The fourth-order valence-electron chi connectivity index (χ4n) is 6.12. The number of alkyl halides is 1. The molecule has 1 aliphatic rings. The normalized spacial score (nSPS) is 26.0. The highest BCUT2D eigenvalue weighted by atomic mass is 35.5. The molecule has 0 aliphatic carbocycles. The van der Waals surface area contributed by atoms with Crippen molar-refractivity contribution in [3.8, 4) is 0 Å². The van der Waals surface area contributed by atoms with Crippen LogP contribution in [-0.2, 0) is 6.54 Å². The molecule has 3 aromatic carbocycles. The van der Waals surface area contributed by atoms with Gasteiger partial charge in [0.1, 0.15) is 8.07 Å². The minimum Gasteiger partial charge on any atom is -0.395 e. The zero-order valence-electron chi connectivity index (χ0n) is 20.6. The van der Waals surface area contributed by atoms with Gasteiger partial charge in [0, 0.05) is 12.2 Å². The Morgan fingerprint density at radius 3 is 1.66 bits per heavy atom. The highest BCUT2D eigenvalue weighted by molar-refractivity contribution is 7.05. The number of aliphatic hydroxyl groups excluding tert-OH is 3. The Morgan fingerprint density at radius 2 is 1.23 bits per heavy atom. The number of rotatable bonds is 6. The summed E-state index contributed by atoms with van der Waals surface area (Å²) in [5.74, 6) is 0. The molecule has 3 N–H and O–H groups in total. The Bertz CT molecular complexity index is 1040. The van der Waals surface area contributed by atoms with E-state index >= 15 is 0 Å². The summed E-state index contributed by atoms with van der Waals surface area (Å²) in [6.07, 6.45) is -2.31. The van der Waals surface area contributed by atoms with Gasteiger partial charge < -0.3 is 15.3 Å². The number of piperidine rings is 1. The van der Waals surface area contributed by atoms with Gasteiger partial charge in [0.25, 0.3) is 0 Å². The number of benzene rings is 3. The zero-order chi connectivity index (χ0) is 25.2. The fraction of sp³-hybridized carbons (Fsp3) is 0.379. The number of aliphatic hydroxyl groups is 3. The molecule has 4 nitrogen and oxygen atoms in total. The van der Waals surface area contributed by atoms with Gasteiger partial charge in [-0.05, 0) is 10.6 Å². The van der Waals surface area contributed by atoms with Crippen LogP contribution in [-0.4, -0.2) is 64.2 Å². The first-order chi connectivity index (χ1) is 16.7. The van der Waals surface area contributed by atoms with Crippen molar-refractivity contribution in [1.29, 1.82) is 0 Å². The smallest absolute Gasteiger partial charge is 0.141 e. The summed E-state index contributed by atoms with van der Waals surface area (Å²) < 4.78 is 0. The van der Waals surface area contributed by atoms with Crippen molar-refractivity contribution >= 4 is 30.0 Å². The van der Waals surface area contributed by atoms with E-state index in [-0.39, 0.29) is 17.3 Å². The van der Waals surface area contributed by atoms with Crippen molar-refractivity contribution in [3.05, 3.63) is 96.6 Å². The Kier molecular flexibility index (Phi) is 7.86. The van der Waals surface area contributed by atoms with Crippen molar-refractivity contribution in [2.45, 2.75) is 61.6 Å². The Morgan fingerprint density at radius 1 is 0.771 bits per heavy atom. The standard InChI is InChI=1S/C29H36ClNO3Si/c1-29(2,3)35(22-15-9-5-10-16-22,23-17-11-6-12-18-23)28-25(30)27(34)26(33)24(20-32)31(28)19-21-13-7-4-8-14-21/h4-18,24-28,32-34H,19-20H2,1-3H3/t24-,25-,26-,27-,28?/m1/s1. The third-order valence-electron chi connectivity index (χ3n) is 7.64. The molecule has 0 amide bonds. The van der Waals surface area contributed by atoms with Gasteiger partial charge in [-0.15, -0.1) is 11.6 Å². The molecule has 0 spiro atoms. The molecule has 1 saturated heterocycles. The Balaban J connectivity index is 2.04. The van der Waals surface area contributed by atoms with Crippen LogP contribution >= 0.6 is 11.6 Å². The van der Waals surface area contributed by atoms with Crippen molar-refractivity contribution < 1.29 is 15.3 Å². The Hall–Kier alpha value is -1.99. The number of hydrogen-bond donors (Lipinski definition) is 3. The van der Waals surface area contributed by atoms with Crippen LogP contribution in [0.1, 0.15) is 26.3 Å². The molecule has 6 heteroatoms. The molecular formula is C29H36ClNO3Si. The summed E-state index contributed by atoms with van der Waals surface area (Å²) in [4.78, 5) is 2.18. The summed E-state index contributed by atoms with van der Waals surface area (Å²) in [6.45, 7) is 7.01. The zero-order valence-corrected chi connectivity index (χ0v) is 22.4. The first kappa shape index (κ1) is 26.1. The number of halogens is 1. The molecule has 3 aromatic rings. The van der Waals surface area contributed by atoms with Gasteiger partial charge in [0.05, 0.1) is 30.2 Å². The molecule has 1 aliphatic heterocycles. The van der Waals surface area contributed by atoms with Gasteiger partial charge >= 0.3 is 0 Å². The molecule has 5 atom stereocenters. The van der Waals surface area contributed by atoms with E-state index in [4.69, 9.17) is 11.6 Å². The Labute approximate surface area is 214 Å². The van der Waals surface area contributed by atoms with Gasteiger partial charge in [-0.2, -0.15) is 0 Å². The number of nitrogens with zero attached hydrogens (tertiary/aromatic N) is 1. The van der Waals surface area contributed by atoms with Crippen LogP contribution in [0.25, 0.3) is 0 Å². The summed E-state index contributed by atoms with van der Waals surface area (Å²) in [5, 5.41) is 34.3. The predicted octanol–water partition coefficient (Wildman–Crippen LogP) is 3.16. The monoisotopic (exact) mass is 509 g/mol. The lowest BCUT2D eigenvalue weighted by molar-refractivity contribution is -0.0995. The second-order valence-corrected chi connectivity index (χ2v) is 15.9. The predicted molar refractivity (Wildman–Crippen MR) is 146 cm³/mol. The molecule has 1 unspecified atom stereocenters. The second kappa shape index (κ2) is 10.6. The molecule has 1 fully saturated rings. The molecule has 35 heavy (non-hydrogen) atoms. The molecule has 186 valence electrons. The van der Waals surface area contributed by atoms with Crippen LogP contribution in [0.4, 0.5) is 0 Å². The average Bonchev–Trinajstić information content (AvgIpc) is 2.86. The van der Waals surface area contributed by atoms with Gasteiger partial charge in [0.2, 0.25) is 0 Å². The van der Waals surface area contributed by atoms with Crippen LogP contribution in [0, 0.1) is 0 Å². The third-order valence-corrected chi connectivity index (χ3v) is 14.8. The fourth-order valence-corrected chi connectivity index (χ4v) is 13.5. The van der Waals surface area contributed by atoms with Gasteiger partial charge in [-0.25, -0.2) is 0 Å². The molecular weight excluding hydrogens is 474 g/mol. The van der Waals surface area contributed by atoms with E-state index in [9.17, 15) is 15.3 Å². The van der Waals surface area contributed by atoms with E-state index in [1.54, 1.807) is 0 Å². The lowest BCUT2D eigenvalue weighted by atomic mass is 9.95. The lowest BCUT2D eigenvalue weighted by Crippen LogP contribution is -2.82. The highest BCUT2D eigenvalue weighted by Gasteiger charge is 2.62. The first-order valence-corrected chi connectivity index (χ1v) is 14.8. The first-order valence-electron chi connectivity index (χ1n) is 12.2.